The fourth-order valence-corrected chi connectivity index (χ4v) is 4.60. The predicted molar refractivity (Wildman–Crippen MR) is 119 cm³/mol. The third kappa shape index (κ3) is 4.82. The third-order valence-electron chi connectivity index (χ3n) is 4.37. The molecular weight excluding hydrogens is 452 g/mol. The van der Waals surface area contributed by atoms with Gasteiger partial charge in [-0.25, -0.2) is 18.2 Å². The lowest BCUT2D eigenvalue weighted by Crippen LogP contribution is -2.15. The van der Waals surface area contributed by atoms with E-state index in [0.29, 0.717) is 17.3 Å². The molecule has 2 aromatic heterocycles. The average Bonchev–Trinajstić information content (AvgIpc) is 3.50. The van der Waals surface area contributed by atoms with Crippen LogP contribution in [0.4, 0.5) is 5.69 Å². The first-order valence-electron chi connectivity index (χ1n) is 9.37. The van der Waals surface area contributed by atoms with Crippen molar-refractivity contribution in [1.82, 2.24) is 4.98 Å². The lowest BCUT2D eigenvalue weighted by molar-refractivity contribution is 0.0467. The Kier molecular flexibility index (Phi) is 6.24. The molecule has 8 nitrogen and oxygen atoms in total. The number of aromatic nitrogens is 1. The van der Waals surface area contributed by atoms with Gasteiger partial charge in [0.05, 0.1) is 28.1 Å². The summed E-state index contributed by atoms with van der Waals surface area (Å²) in [6.07, 6.45) is 1.42. The predicted octanol–water partition coefficient (Wildman–Crippen LogP) is 4.57. The van der Waals surface area contributed by atoms with Gasteiger partial charge in [0.25, 0.3) is 10.0 Å². The molecule has 0 unspecified atom stereocenters. The standard InChI is InChI=1S/C22H18N2O6S2/c1-28-19-9-3-2-8-18(19)24-32(26,27)17-7-4-6-15(12-17)22(25)30-14-16-13-29-21(23-16)20-10-5-11-31-20/h2-13,24H,14H2,1H3. The van der Waals surface area contributed by atoms with E-state index in [-0.39, 0.29) is 22.8 Å². The smallest absolute Gasteiger partial charge is 0.338 e. The lowest BCUT2D eigenvalue weighted by atomic mass is 10.2. The van der Waals surface area contributed by atoms with Crippen LogP contribution in [0.1, 0.15) is 16.1 Å². The van der Waals surface area contributed by atoms with Crippen molar-refractivity contribution in [3.8, 4) is 16.5 Å². The quantitative estimate of drug-likeness (QED) is 0.376. The van der Waals surface area contributed by atoms with Crippen LogP contribution in [-0.4, -0.2) is 26.5 Å². The van der Waals surface area contributed by atoms with E-state index in [1.54, 1.807) is 24.3 Å². The van der Waals surface area contributed by atoms with E-state index in [1.165, 1.54) is 49.0 Å². The molecule has 0 aliphatic heterocycles. The van der Waals surface area contributed by atoms with Crippen molar-refractivity contribution < 1.29 is 27.1 Å². The van der Waals surface area contributed by atoms with E-state index >= 15 is 0 Å². The maximum absolute atomic E-state index is 12.8. The number of hydrogen-bond donors (Lipinski definition) is 1. The van der Waals surface area contributed by atoms with Gasteiger partial charge in [-0.1, -0.05) is 24.3 Å². The van der Waals surface area contributed by atoms with Gasteiger partial charge in [0, 0.05) is 0 Å². The molecule has 0 spiro atoms. The number of nitrogens with one attached hydrogen (secondary N) is 1. The van der Waals surface area contributed by atoms with Crippen LogP contribution in [0, 0.1) is 0 Å². The minimum Gasteiger partial charge on any atom is -0.495 e. The molecule has 4 aromatic rings. The van der Waals surface area contributed by atoms with Crippen molar-refractivity contribution in [2.24, 2.45) is 0 Å². The van der Waals surface area contributed by atoms with Gasteiger partial charge in [0.2, 0.25) is 5.89 Å². The Balaban J connectivity index is 1.45. The molecular formula is C22H18N2O6S2. The van der Waals surface area contributed by atoms with Gasteiger partial charge in [-0.3, -0.25) is 4.72 Å². The van der Waals surface area contributed by atoms with Crippen LogP contribution in [0.3, 0.4) is 0 Å². The lowest BCUT2D eigenvalue weighted by Gasteiger charge is -2.12. The number of carbonyl (C=O) groups excluding carboxylic acids is 1. The van der Waals surface area contributed by atoms with E-state index in [1.807, 2.05) is 17.5 Å². The number of thiophene rings is 1. The summed E-state index contributed by atoms with van der Waals surface area (Å²) in [6.45, 7) is -0.107. The summed E-state index contributed by atoms with van der Waals surface area (Å²) in [7, 11) is -2.51. The molecule has 0 radical (unpaired) electrons. The minimum atomic E-state index is -3.95. The Labute approximate surface area is 188 Å². The Morgan fingerprint density at radius 3 is 2.75 bits per heavy atom. The van der Waals surface area contributed by atoms with Gasteiger partial charge >= 0.3 is 5.97 Å². The minimum absolute atomic E-state index is 0.0840. The summed E-state index contributed by atoms with van der Waals surface area (Å²) in [5.74, 6) is 0.141. The molecule has 10 heteroatoms. The summed E-state index contributed by atoms with van der Waals surface area (Å²) in [6, 6.07) is 16.0. The van der Waals surface area contributed by atoms with Gasteiger partial charge in [-0.15, -0.1) is 11.3 Å². The monoisotopic (exact) mass is 470 g/mol. The molecule has 0 atom stereocenters. The number of sulfonamides is 1. The first-order valence-corrected chi connectivity index (χ1v) is 11.7. The van der Waals surface area contributed by atoms with Gasteiger partial charge < -0.3 is 13.9 Å². The molecule has 0 aliphatic rings. The Morgan fingerprint density at radius 1 is 1.12 bits per heavy atom. The molecule has 0 fully saturated rings. The van der Waals surface area contributed by atoms with Crippen LogP contribution in [0.25, 0.3) is 10.8 Å². The summed E-state index contributed by atoms with van der Waals surface area (Å²) in [5.41, 5.74) is 0.828. The molecule has 1 N–H and O–H groups in total. The van der Waals surface area contributed by atoms with Crippen LogP contribution in [-0.2, 0) is 21.4 Å². The van der Waals surface area contributed by atoms with Crippen LogP contribution < -0.4 is 9.46 Å². The number of ether oxygens (including phenoxy) is 2. The van der Waals surface area contributed by atoms with Gasteiger partial charge in [0.15, 0.2) is 0 Å². The molecule has 0 aliphatic carbocycles. The number of carbonyl (C=O) groups is 1. The third-order valence-corrected chi connectivity index (χ3v) is 6.59. The van der Waals surface area contributed by atoms with Crippen molar-refractivity contribution in [2.45, 2.75) is 11.5 Å². The Morgan fingerprint density at radius 2 is 1.97 bits per heavy atom. The fraction of sp³-hybridized carbons (Fsp3) is 0.0909. The number of rotatable bonds is 8. The van der Waals surface area contributed by atoms with Gasteiger partial charge in [-0.2, -0.15) is 0 Å². The van der Waals surface area contributed by atoms with Crippen LogP contribution >= 0.6 is 11.3 Å². The Bertz CT molecular complexity index is 1330. The zero-order chi connectivity index (χ0) is 22.6. The van der Waals surface area contributed by atoms with Crippen LogP contribution in [0.5, 0.6) is 5.75 Å². The Hall–Kier alpha value is -3.63. The largest absolute Gasteiger partial charge is 0.495 e. The second-order valence-electron chi connectivity index (χ2n) is 6.53. The molecule has 2 heterocycles. The molecule has 2 aromatic carbocycles. The molecule has 0 amide bonds. The maximum atomic E-state index is 12.8. The zero-order valence-corrected chi connectivity index (χ0v) is 18.5. The number of oxazole rings is 1. The van der Waals surface area contributed by atoms with E-state index < -0.39 is 16.0 Å². The SMILES string of the molecule is COc1ccccc1NS(=O)(=O)c1cccc(C(=O)OCc2coc(-c3cccs3)n2)c1. The van der Waals surface area contributed by atoms with Crippen LogP contribution in [0.15, 0.2) is 81.6 Å². The van der Waals surface area contributed by atoms with Crippen molar-refractivity contribution in [3.63, 3.8) is 0 Å². The number of hydrogen-bond acceptors (Lipinski definition) is 8. The normalized spacial score (nSPS) is 11.2. The highest BCUT2D eigenvalue weighted by molar-refractivity contribution is 7.92. The summed E-state index contributed by atoms with van der Waals surface area (Å²) in [4.78, 5) is 17.5. The second kappa shape index (κ2) is 9.25. The highest BCUT2D eigenvalue weighted by atomic mass is 32.2. The van der Waals surface area contributed by atoms with Crippen molar-refractivity contribution in [2.75, 3.05) is 11.8 Å². The van der Waals surface area contributed by atoms with E-state index in [2.05, 4.69) is 9.71 Å². The van der Waals surface area contributed by atoms with E-state index in [9.17, 15) is 13.2 Å². The molecule has 32 heavy (non-hydrogen) atoms. The van der Waals surface area contributed by atoms with Crippen molar-refractivity contribution >= 4 is 33.0 Å². The van der Waals surface area contributed by atoms with E-state index in [0.717, 1.165) is 4.88 Å². The first kappa shape index (κ1) is 21.6. The number of methoxy groups -OCH3 is 1. The molecule has 4 rings (SSSR count). The number of para-hydroxylation sites is 2. The highest BCUT2D eigenvalue weighted by Crippen LogP contribution is 2.27. The van der Waals surface area contributed by atoms with Crippen molar-refractivity contribution in [3.05, 3.63) is 83.6 Å². The zero-order valence-electron chi connectivity index (χ0n) is 16.8. The summed E-state index contributed by atoms with van der Waals surface area (Å²) < 4.78 is 43.9. The number of esters is 1. The molecule has 164 valence electrons. The summed E-state index contributed by atoms with van der Waals surface area (Å²) >= 11 is 1.48. The average molecular weight is 471 g/mol. The van der Waals surface area contributed by atoms with E-state index in [4.69, 9.17) is 13.9 Å². The van der Waals surface area contributed by atoms with Gasteiger partial charge in [-0.05, 0) is 41.8 Å². The molecule has 0 bridgehead atoms. The van der Waals surface area contributed by atoms with Gasteiger partial charge in [0.1, 0.15) is 24.3 Å². The second-order valence-corrected chi connectivity index (χ2v) is 9.16. The number of nitrogens with zero attached hydrogens (tertiary/aromatic N) is 1. The summed E-state index contributed by atoms with van der Waals surface area (Å²) in [5, 5.41) is 1.91. The molecule has 0 saturated carbocycles. The number of anilines is 1. The highest BCUT2D eigenvalue weighted by Gasteiger charge is 2.19. The number of benzene rings is 2. The first-order chi connectivity index (χ1) is 15.5. The fourth-order valence-electron chi connectivity index (χ4n) is 2.83. The maximum Gasteiger partial charge on any atom is 0.338 e. The topological polar surface area (TPSA) is 108 Å². The van der Waals surface area contributed by atoms with Crippen LogP contribution in [0.2, 0.25) is 0 Å². The molecule has 0 saturated heterocycles. The van der Waals surface area contributed by atoms with Crippen molar-refractivity contribution in [1.29, 1.82) is 0 Å².